The van der Waals surface area contributed by atoms with Gasteiger partial charge < -0.3 is 15.5 Å². The van der Waals surface area contributed by atoms with Gasteiger partial charge in [-0.1, -0.05) is 11.6 Å². The summed E-state index contributed by atoms with van der Waals surface area (Å²) in [5.41, 5.74) is 3.84. The smallest absolute Gasteiger partial charge is 0.321 e. The van der Waals surface area contributed by atoms with Crippen LogP contribution in [0.5, 0.6) is 0 Å². The lowest BCUT2D eigenvalue weighted by atomic mass is 9.98. The second-order valence-electron chi connectivity index (χ2n) is 8.52. The number of benzene rings is 1. The number of pyridine rings is 1. The lowest BCUT2D eigenvalue weighted by Crippen LogP contribution is -2.32. The number of hydrogen-bond acceptors (Lipinski definition) is 4. The Labute approximate surface area is 190 Å². The molecular formula is C23H25ClN6O2. The molecule has 3 amide bonds. The highest BCUT2D eigenvalue weighted by Crippen LogP contribution is 2.41. The van der Waals surface area contributed by atoms with Gasteiger partial charge in [0.15, 0.2) is 5.65 Å². The second kappa shape index (κ2) is 8.09. The van der Waals surface area contributed by atoms with E-state index in [-0.39, 0.29) is 17.9 Å². The van der Waals surface area contributed by atoms with Crippen LogP contribution < -0.4 is 10.6 Å². The van der Waals surface area contributed by atoms with Crippen LogP contribution >= 0.6 is 11.6 Å². The molecule has 0 bridgehead atoms. The summed E-state index contributed by atoms with van der Waals surface area (Å²) in [6.07, 6.45) is 2.99. The Hall–Kier alpha value is -3.13. The van der Waals surface area contributed by atoms with Crippen molar-refractivity contribution in [1.82, 2.24) is 25.0 Å². The minimum absolute atomic E-state index is 0.0339. The highest BCUT2D eigenvalue weighted by Gasteiger charge is 2.34. The van der Waals surface area contributed by atoms with Crippen molar-refractivity contribution in [3.8, 4) is 0 Å². The molecule has 0 radical (unpaired) electrons. The molecule has 1 aromatic carbocycles. The fraction of sp³-hybridized carbons (Fsp3) is 0.391. The summed E-state index contributed by atoms with van der Waals surface area (Å²) in [7, 11) is 3.50. The molecule has 1 aliphatic carbocycles. The van der Waals surface area contributed by atoms with Crippen molar-refractivity contribution in [3.05, 3.63) is 52.3 Å². The van der Waals surface area contributed by atoms with E-state index in [1.165, 1.54) is 0 Å². The van der Waals surface area contributed by atoms with Crippen LogP contribution in [-0.2, 0) is 7.05 Å². The molecule has 32 heavy (non-hydrogen) atoms. The monoisotopic (exact) mass is 452 g/mol. The van der Waals surface area contributed by atoms with Gasteiger partial charge in [-0.3, -0.25) is 9.48 Å². The van der Waals surface area contributed by atoms with Gasteiger partial charge in [0.2, 0.25) is 0 Å². The zero-order chi connectivity index (χ0) is 22.4. The maximum atomic E-state index is 12.8. The first-order valence-electron chi connectivity index (χ1n) is 10.9. The highest BCUT2D eigenvalue weighted by atomic mass is 35.5. The number of nitrogens with one attached hydrogen (secondary N) is 2. The van der Waals surface area contributed by atoms with E-state index >= 15 is 0 Å². The molecule has 2 N–H and O–H groups in total. The number of likely N-dealkylation sites (tertiary alicyclic amines) is 1. The highest BCUT2D eigenvalue weighted by molar-refractivity contribution is 6.30. The van der Waals surface area contributed by atoms with Gasteiger partial charge in [-0.15, -0.1) is 0 Å². The Kier molecular flexibility index (Phi) is 5.25. The van der Waals surface area contributed by atoms with Crippen molar-refractivity contribution in [1.29, 1.82) is 0 Å². The summed E-state index contributed by atoms with van der Waals surface area (Å²) in [4.78, 5) is 32.1. The van der Waals surface area contributed by atoms with E-state index in [1.54, 1.807) is 40.9 Å². The molecule has 166 valence electrons. The first kappa shape index (κ1) is 20.8. The van der Waals surface area contributed by atoms with Crippen LogP contribution in [0, 0.1) is 0 Å². The largest absolute Gasteiger partial charge is 0.355 e. The van der Waals surface area contributed by atoms with Gasteiger partial charge in [0, 0.05) is 55.4 Å². The molecule has 2 aliphatic rings. The molecule has 9 heteroatoms. The van der Waals surface area contributed by atoms with Crippen LogP contribution in [0.3, 0.4) is 0 Å². The number of halogens is 1. The SMILES string of the molecule is CNC(=O)c1cc(C2CC2)nc2c1c(C1CCN(C(=O)Nc3ccc(Cl)cc3)C1)nn2C. The van der Waals surface area contributed by atoms with Crippen LogP contribution in [-0.4, -0.2) is 51.7 Å². The number of anilines is 1. The van der Waals surface area contributed by atoms with Crippen LogP contribution in [0.25, 0.3) is 11.0 Å². The van der Waals surface area contributed by atoms with E-state index in [1.807, 2.05) is 13.1 Å². The maximum absolute atomic E-state index is 12.8. The number of fused-ring (bicyclic) bond motifs is 1. The van der Waals surface area contributed by atoms with Crippen molar-refractivity contribution in [3.63, 3.8) is 0 Å². The molecular weight excluding hydrogens is 428 g/mol. The van der Waals surface area contributed by atoms with Gasteiger partial charge in [0.1, 0.15) is 0 Å². The van der Waals surface area contributed by atoms with E-state index in [9.17, 15) is 9.59 Å². The third kappa shape index (κ3) is 3.79. The summed E-state index contributed by atoms with van der Waals surface area (Å²) in [6.45, 7) is 1.15. The number of aromatic nitrogens is 3. The summed E-state index contributed by atoms with van der Waals surface area (Å²) < 4.78 is 1.76. The van der Waals surface area contributed by atoms with E-state index in [4.69, 9.17) is 21.7 Å². The molecule has 0 spiro atoms. The molecule has 1 atom stereocenters. The van der Waals surface area contributed by atoms with Gasteiger partial charge >= 0.3 is 6.03 Å². The molecule has 1 saturated heterocycles. The van der Waals surface area contributed by atoms with Gasteiger partial charge in [-0.05, 0) is 49.6 Å². The van der Waals surface area contributed by atoms with Gasteiger partial charge in [-0.25, -0.2) is 9.78 Å². The summed E-state index contributed by atoms with van der Waals surface area (Å²) in [6, 6.07) is 8.80. The second-order valence-corrected chi connectivity index (χ2v) is 8.96. The van der Waals surface area contributed by atoms with Gasteiger partial charge in [0.05, 0.1) is 16.6 Å². The molecule has 2 fully saturated rings. The molecule has 3 aromatic rings. The number of aryl methyl sites for hydroxylation is 1. The predicted molar refractivity (Wildman–Crippen MR) is 123 cm³/mol. The lowest BCUT2D eigenvalue weighted by Gasteiger charge is -2.17. The van der Waals surface area contributed by atoms with E-state index in [0.29, 0.717) is 35.3 Å². The minimum Gasteiger partial charge on any atom is -0.355 e. The molecule has 3 heterocycles. The summed E-state index contributed by atoms with van der Waals surface area (Å²) >= 11 is 5.92. The van der Waals surface area contributed by atoms with Gasteiger partial charge in [-0.2, -0.15) is 5.10 Å². The summed E-state index contributed by atoms with van der Waals surface area (Å²) in [5.74, 6) is 0.329. The Bertz CT molecular complexity index is 1200. The minimum atomic E-state index is -0.157. The number of amides is 3. The number of carbonyl (C=O) groups is 2. The van der Waals surface area contributed by atoms with Crippen molar-refractivity contribution in [2.75, 3.05) is 25.5 Å². The van der Waals surface area contributed by atoms with Crippen LogP contribution in [0.15, 0.2) is 30.3 Å². The van der Waals surface area contributed by atoms with Gasteiger partial charge in [0.25, 0.3) is 5.91 Å². The fourth-order valence-electron chi connectivity index (χ4n) is 4.39. The number of urea groups is 1. The van der Waals surface area contributed by atoms with Crippen molar-refractivity contribution in [2.45, 2.75) is 31.1 Å². The number of carbonyl (C=O) groups excluding carboxylic acids is 2. The molecule has 8 nitrogen and oxygen atoms in total. The van der Waals surface area contributed by atoms with Crippen LogP contribution in [0.4, 0.5) is 10.5 Å². The molecule has 2 aromatic heterocycles. The first-order valence-corrected chi connectivity index (χ1v) is 11.2. The molecule has 1 aliphatic heterocycles. The molecule has 1 saturated carbocycles. The average Bonchev–Trinajstić information content (AvgIpc) is 3.44. The average molecular weight is 453 g/mol. The molecule has 5 rings (SSSR count). The Morgan fingerprint density at radius 2 is 1.88 bits per heavy atom. The van der Waals surface area contributed by atoms with E-state index in [0.717, 1.165) is 41.7 Å². The molecule has 1 unspecified atom stereocenters. The number of hydrogen-bond donors (Lipinski definition) is 2. The van der Waals surface area contributed by atoms with E-state index in [2.05, 4.69) is 10.6 Å². The third-order valence-corrected chi connectivity index (χ3v) is 6.52. The Morgan fingerprint density at radius 1 is 1.12 bits per heavy atom. The first-order chi connectivity index (χ1) is 15.4. The van der Waals surface area contributed by atoms with Crippen LogP contribution in [0.2, 0.25) is 5.02 Å². The topological polar surface area (TPSA) is 92.2 Å². The standard InChI is InChI=1S/C23H25ClN6O2/c1-25-22(31)17-11-18(13-3-4-13)27-21-19(17)20(28-29(21)2)14-9-10-30(12-14)23(32)26-16-7-5-15(24)6-8-16/h5-8,11,13-14H,3-4,9-10,12H2,1-2H3,(H,25,31)(H,26,32). The number of rotatable bonds is 4. The zero-order valence-corrected chi connectivity index (χ0v) is 18.8. The maximum Gasteiger partial charge on any atom is 0.321 e. The normalized spacial score (nSPS) is 18.2. The van der Waals surface area contributed by atoms with Crippen molar-refractivity contribution in [2.24, 2.45) is 7.05 Å². The summed E-state index contributed by atoms with van der Waals surface area (Å²) in [5, 5.41) is 11.8. The fourth-order valence-corrected chi connectivity index (χ4v) is 4.51. The number of nitrogens with zero attached hydrogens (tertiary/aromatic N) is 4. The predicted octanol–water partition coefficient (Wildman–Crippen LogP) is 3.88. The van der Waals surface area contributed by atoms with Crippen LogP contribution in [0.1, 0.15) is 52.8 Å². The van der Waals surface area contributed by atoms with Crippen molar-refractivity contribution < 1.29 is 9.59 Å². The Morgan fingerprint density at radius 3 is 2.56 bits per heavy atom. The lowest BCUT2D eigenvalue weighted by molar-refractivity contribution is 0.0964. The van der Waals surface area contributed by atoms with Crippen molar-refractivity contribution >= 4 is 40.3 Å². The quantitative estimate of drug-likeness (QED) is 0.628. The zero-order valence-electron chi connectivity index (χ0n) is 18.1. The van der Waals surface area contributed by atoms with E-state index < -0.39 is 0 Å². The Balaban J connectivity index is 1.43. The third-order valence-electron chi connectivity index (χ3n) is 6.27.